The summed E-state index contributed by atoms with van der Waals surface area (Å²) in [7, 11) is 0. The van der Waals surface area contributed by atoms with Crippen LogP contribution < -0.4 is 5.32 Å². The van der Waals surface area contributed by atoms with Crippen LogP contribution in [0.25, 0.3) is 0 Å². The summed E-state index contributed by atoms with van der Waals surface area (Å²) in [5.41, 5.74) is 0. The first-order valence-electron chi connectivity index (χ1n) is 4.93. The highest BCUT2D eigenvalue weighted by atomic mass is 14.9. The number of hydrogen-bond acceptors (Lipinski definition) is 2. The van der Waals surface area contributed by atoms with Gasteiger partial charge in [0.25, 0.3) is 0 Å². The molecule has 0 aliphatic heterocycles. The highest BCUT2D eigenvalue weighted by Gasteiger charge is 2.27. The van der Waals surface area contributed by atoms with E-state index in [-0.39, 0.29) is 6.04 Å². The summed E-state index contributed by atoms with van der Waals surface area (Å²) in [6.45, 7) is 4.29. The Morgan fingerprint density at radius 2 is 2.25 bits per heavy atom. The topological polar surface area (TPSA) is 35.8 Å². The first-order valence-corrected chi connectivity index (χ1v) is 4.93. The number of nitriles is 1. The van der Waals surface area contributed by atoms with Crippen molar-refractivity contribution < 1.29 is 0 Å². The van der Waals surface area contributed by atoms with E-state index in [0.717, 1.165) is 6.42 Å². The summed E-state index contributed by atoms with van der Waals surface area (Å²) >= 11 is 0. The molecule has 1 fully saturated rings. The average molecular weight is 166 g/mol. The summed E-state index contributed by atoms with van der Waals surface area (Å²) in [4.78, 5) is 0. The Morgan fingerprint density at radius 3 is 2.58 bits per heavy atom. The summed E-state index contributed by atoms with van der Waals surface area (Å²) in [6.07, 6.45) is 4.89. The van der Waals surface area contributed by atoms with Crippen molar-refractivity contribution in [3.05, 3.63) is 0 Å². The van der Waals surface area contributed by atoms with Crippen LogP contribution in [0.5, 0.6) is 0 Å². The van der Waals surface area contributed by atoms with Crippen molar-refractivity contribution >= 4 is 0 Å². The molecule has 0 aromatic carbocycles. The van der Waals surface area contributed by atoms with Gasteiger partial charge in [-0.15, -0.1) is 0 Å². The first kappa shape index (κ1) is 9.54. The van der Waals surface area contributed by atoms with Gasteiger partial charge < -0.3 is 0 Å². The minimum absolute atomic E-state index is 0.105. The minimum Gasteiger partial charge on any atom is -0.299 e. The molecule has 0 heterocycles. The van der Waals surface area contributed by atoms with E-state index in [1.165, 1.54) is 19.3 Å². The molecule has 1 aliphatic rings. The highest BCUT2D eigenvalue weighted by Crippen LogP contribution is 2.29. The molecular formula is C10H18N2. The SMILES string of the molecule is CCC(C)NC(C#N)C1CCC1. The molecule has 2 atom stereocenters. The Hall–Kier alpha value is -0.550. The normalized spacial score (nSPS) is 22.4. The molecular weight excluding hydrogens is 148 g/mol. The number of nitrogens with zero attached hydrogens (tertiary/aromatic N) is 1. The maximum atomic E-state index is 8.89. The summed E-state index contributed by atoms with van der Waals surface area (Å²) < 4.78 is 0. The first-order chi connectivity index (χ1) is 5.77. The molecule has 0 saturated heterocycles. The second kappa shape index (κ2) is 4.47. The minimum atomic E-state index is 0.105. The van der Waals surface area contributed by atoms with Gasteiger partial charge in [-0.3, -0.25) is 5.32 Å². The smallest absolute Gasteiger partial charge is 0.0983 e. The predicted octanol–water partition coefficient (Wildman–Crippen LogP) is 2.07. The average Bonchev–Trinajstić information content (AvgIpc) is 1.99. The zero-order chi connectivity index (χ0) is 8.97. The molecule has 1 rings (SSSR count). The maximum absolute atomic E-state index is 8.89. The van der Waals surface area contributed by atoms with Gasteiger partial charge >= 0.3 is 0 Å². The molecule has 2 heteroatoms. The molecule has 0 aromatic rings. The Kier molecular flexibility index (Phi) is 3.55. The third kappa shape index (κ3) is 2.22. The van der Waals surface area contributed by atoms with Crippen LogP contribution in [0.1, 0.15) is 39.5 Å². The van der Waals surface area contributed by atoms with Crippen LogP contribution in [0.4, 0.5) is 0 Å². The largest absolute Gasteiger partial charge is 0.299 e. The Labute approximate surface area is 75.0 Å². The molecule has 1 N–H and O–H groups in total. The van der Waals surface area contributed by atoms with Crippen molar-refractivity contribution in [1.29, 1.82) is 5.26 Å². The third-order valence-corrected chi connectivity index (χ3v) is 2.84. The van der Waals surface area contributed by atoms with Crippen LogP contribution >= 0.6 is 0 Å². The lowest BCUT2D eigenvalue weighted by molar-refractivity contribution is 0.251. The second-order valence-corrected chi connectivity index (χ2v) is 3.77. The Balaban J connectivity index is 2.30. The van der Waals surface area contributed by atoms with E-state index in [1.54, 1.807) is 0 Å². The van der Waals surface area contributed by atoms with E-state index in [9.17, 15) is 0 Å². The van der Waals surface area contributed by atoms with Crippen molar-refractivity contribution in [3.8, 4) is 6.07 Å². The van der Waals surface area contributed by atoms with Gasteiger partial charge in [-0.2, -0.15) is 5.26 Å². The fourth-order valence-corrected chi connectivity index (χ4v) is 1.48. The van der Waals surface area contributed by atoms with Gasteiger partial charge in [-0.1, -0.05) is 13.3 Å². The van der Waals surface area contributed by atoms with E-state index in [0.29, 0.717) is 12.0 Å². The quantitative estimate of drug-likeness (QED) is 0.694. The fraction of sp³-hybridized carbons (Fsp3) is 0.900. The van der Waals surface area contributed by atoms with Crippen molar-refractivity contribution in [3.63, 3.8) is 0 Å². The maximum Gasteiger partial charge on any atom is 0.0983 e. The molecule has 0 aromatic heterocycles. The standard InChI is InChI=1S/C10H18N2/c1-3-8(2)12-10(7-11)9-5-4-6-9/h8-10,12H,3-6H2,1-2H3. The van der Waals surface area contributed by atoms with Crippen molar-refractivity contribution in [2.24, 2.45) is 5.92 Å². The molecule has 0 amide bonds. The van der Waals surface area contributed by atoms with Gasteiger partial charge in [0.05, 0.1) is 12.1 Å². The van der Waals surface area contributed by atoms with Crippen molar-refractivity contribution in [2.45, 2.75) is 51.6 Å². The van der Waals surface area contributed by atoms with E-state index < -0.39 is 0 Å². The highest BCUT2D eigenvalue weighted by molar-refractivity contribution is 4.98. The van der Waals surface area contributed by atoms with E-state index in [1.807, 2.05) is 0 Å². The van der Waals surface area contributed by atoms with E-state index in [2.05, 4.69) is 25.2 Å². The van der Waals surface area contributed by atoms with Crippen LogP contribution in [0.2, 0.25) is 0 Å². The molecule has 12 heavy (non-hydrogen) atoms. The summed E-state index contributed by atoms with van der Waals surface area (Å²) in [5, 5.41) is 12.3. The lowest BCUT2D eigenvalue weighted by Gasteiger charge is -2.31. The molecule has 0 spiro atoms. The number of hydrogen-bond donors (Lipinski definition) is 1. The Bertz CT molecular complexity index is 167. The van der Waals surface area contributed by atoms with E-state index >= 15 is 0 Å². The van der Waals surface area contributed by atoms with Crippen LogP contribution in [0, 0.1) is 17.2 Å². The third-order valence-electron chi connectivity index (χ3n) is 2.84. The molecule has 68 valence electrons. The van der Waals surface area contributed by atoms with Gasteiger partial charge in [-0.05, 0) is 32.1 Å². The monoisotopic (exact) mass is 166 g/mol. The van der Waals surface area contributed by atoms with Gasteiger partial charge in [-0.25, -0.2) is 0 Å². The van der Waals surface area contributed by atoms with Crippen LogP contribution in [-0.4, -0.2) is 12.1 Å². The van der Waals surface area contributed by atoms with Crippen LogP contribution in [0.3, 0.4) is 0 Å². The van der Waals surface area contributed by atoms with Gasteiger partial charge in [0.1, 0.15) is 0 Å². The zero-order valence-electron chi connectivity index (χ0n) is 8.01. The predicted molar refractivity (Wildman–Crippen MR) is 49.6 cm³/mol. The molecule has 2 nitrogen and oxygen atoms in total. The fourth-order valence-electron chi connectivity index (χ4n) is 1.48. The van der Waals surface area contributed by atoms with Crippen molar-refractivity contribution in [2.75, 3.05) is 0 Å². The van der Waals surface area contributed by atoms with E-state index in [4.69, 9.17) is 5.26 Å². The molecule has 0 bridgehead atoms. The van der Waals surface area contributed by atoms with Gasteiger partial charge in [0, 0.05) is 6.04 Å². The van der Waals surface area contributed by atoms with Gasteiger partial charge in [0.2, 0.25) is 0 Å². The lowest BCUT2D eigenvalue weighted by atomic mass is 9.80. The molecule has 2 unspecified atom stereocenters. The second-order valence-electron chi connectivity index (χ2n) is 3.77. The summed E-state index contributed by atoms with van der Waals surface area (Å²) in [5.74, 6) is 0.629. The van der Waals surface area contributed by atoms with Crippen LogP contribution in [0.15, 0.2) is 0 Å². The summed E-state index contributed by atoms with van der Waals surface area (Å²) in [6, 6.07) is 2.95. The molecule has 1 aliphatic carbocycles. The molecule has 0 radical (unpaired) electrons. The van der Waals surface area contributed by atoms with Gasteiger partial charge in [0.15, 0.2) is 0 Å². The van der Waals surface area contributed by atoms with Crippen molar-refractivity contribution in [1.82, 2.24) is 5.32 Å². The zero-order valence-corrected chi connectivity index (χ0v) is 8.01. The number of rotatable bonds is 4. The lowest BCUT2D eigenvalue weighted by Crippen LogP contribution is -2.42. The number of nitrogens with one attached hydrogen (secondary N) is 1. The Morgan fingerprint density at radius 1 is 1.58 bits per heavy atom. The molecule has 1 saturated carbocycles. The van der Waals surface area contributed by atoms with Crippen LogP contribution in [-0.2, 0) is 0 Å².